The van der Waals surface area contributed by atoms with Crippen molar-refractivity contribution < 1.29 is 39.3 Å². The maximum atomic E-state index is 13.0. The van der Waals surface area contributed by atoms with Crippen molar-refractivity contribution in [3.8, 4) is 5.75 Å². The molecule has 0 spiro atoms. The number of hydrogen-bond acceptors (Lipinski definition) is 7. The Morgan fingerprint density at radius 3 is 1.83 bits per heavy atom. The molecular weight excluding hydrogens is 460 g/mol. The SMILES string of the molecule is CC(C)CC(NC(=O)C(CCC(=O)O)NC(=O)C(C)N)C(=O)NC(Cc1ccc(O)cc1)C(=O)O. The molecule has 0 aliphatic heterocycles. The van der Waals surface area contributed by atoms with Gasteiger partial charge in [0.15, 0.2) is 0 Å². The highest BCUT2D eigenvalue weighted by molar-refractivity contribution is 5.94. The van der Waals surface area contributed by atoms with Crippen LogP contribution in [-0.4, -0.2) is 69.1 Å². The van der Waals surface area contributed by atoms with Gasteiger partial charge < -0.3 is 37.0 Å². The molecule has 1 aromatic carbocycles. The minimum atomic E-state index is -1.31. The zero-order valence-electron chi connectivity index (χ0n) is 20.0. The molecule has 0 heterocycles. The van der Waals surface area contributed by atoms with E-state index in [9.17, 15) is 34.2 Å². The van der Waals surface area contributed by atoms with Crippen molar-refractivity contribution in [3.05, 3.63) is 29.8 Å². The van der Waals surface area contributed by atoms with E-state index < -0.39 is 60.2 Å². The van der Waals surface area contributed by atoms with Gasteiger partial charge in [0.25, 0.3) is 0 Å². The summed E-state index contributed by atoms with van der Waals surface area (Å²) in [7, 11) is 0. The van der Waals surface area contributed by atoms with Crippen molar-refractivity contribution in [2.45, 2.75) is 70.6 Å². The zero-order valence-corrected chi connectivity index (χ0v) is 20.0. The number of nitrogens with two attached hydrogens (primary N) is 1. The Bertz CT molecular complexity index is 901. The summed E-state index contributed by atoms with van der Waals surface area (Å²) in [6.07, 6.45) is -0.536. The van der Waals surface area contributed by atoms with Crippen molar-refractivity contribution in [2.75, 3.05) is 0 Å². The summed E-state index contributed by atoms with van der Waals surface area (Å²) in [5.74, 6) is -4.71. The molecule has 4 unspecified atom stereocenters. The Balaban J connectivity index is 3.01. The molecule has 1 rings (SSSR count). The highest BCUT2D eigenvalue weighted by Crippen LogP contribution is 2.12. The topological polar surface area (TPSA) is 208 Å². The smallest absolute Gasteiger partial charge is 0.326 e. The number of phenolic OH excluding ortho intramolecular Hbond substituents is 1. The number of carbonyl (C=O) groups is 5. The van der Waals surface area contributed by atoms with Crippen LogP contribution in [0.5, 0.6) is 5.75 Å². The summed E-state index contributed by atoms with van der Waals surface area (Å²) in [5.41, 5.74) is 6.08. The van der Waals surface area contributed by atoms with Gasteiger partial charge in [-0.25, -0.2) is 4.79 Å². The standard InChI is InChI=1S/C23H34N4O8/c1-12(2)10-17(26-21(32)16(8-9-19(29)30)25-20(31)13(3)24)22(33)27-18(23(34)35)11-14-4-6-15(28)7-5-14/h4-7,12-13,16-18,28H,8-11,24H2,1-3H3,(H,25,31)(H,26,32)(H,27,33)(H,29,30)(H,34,35). The predicted molar refractivity (Wildman–Crippen MR) is 125 cm³/mol. The number of rotatable bonds is 14. The monoisotopic (exact) mass is 494 g/mol. The van der Waals surface area contributed by atoms with Crippen LogP contribution >= 0.6 is 0 Å². The number of nitrogens with one attached hydrogen (secondary N) is 3. The summed E-state index contributed by atoms with van der Waals surface area (Å²) >= 11 is 0. The molecule has 194 valence electrons. The molecule has 0 radical (unpaired) electrons. The molecule has 0 fully saturated rings. The van der Waals surface area contributed by atoms with Crippen LogP contribution in [0.15, 0.2) is 24.3 Å². The normalized spacial score (nSPS) is 14.3. The van der Waals surface area contributed by atoms with Gasteiger partial charge in [-0.05, 0) is 43.4 Å². The van der Waals surface area contributed by atoms with E-state index in [4.69, 9.17) is 10.8 Å². The predicted octanol–water partition coefficient (Wildman–Crippen LogP) is -0.268. The third-order valence-corrected chi connectivity index (χ3v) is 5.02. The second kappa shape index (κ2) is 13.9. The molecule has 0 aliphatic carbocycles. The van der Waals surface area contributed by atoms with E-state index >= 15 is 0 Å². The molecule has 12 heteroatoms. The van der Waals surface area contributed by atoms with E-state index in [1.165, 1.54) is 31.2 Å². The van der Waals surface area contributed by atoms with Crippen molar-refractivity contribution >= 4 is 29.7 Å². The molecule has 35 heavy (non-hydrogen) atoms. The number of carboxylic acid groups (broad SMARTS) is 2. The molecule has 0 aliphatic rings. The van der Waals surface area contributed by atoms with Crippen LogP contribution in [0.1, 0.15) is 45.6 Å². The number of amides is 3. The number of aromatic hydroxyl groups is 1. The molecule has 0 bridgehead atoms. The second-order valence-corrected chi connectivity index (χ2v) is 8.74. The molecule has 0 saturated carbocycles. The third-order valence-electron chi connectivity index (χ3n) is 5.02. The van der Waals surface area contributed by atoms with Crippen LogP contribution in [0.3, 0.4) is 0 Å². The third kappa shape index (κ3) is 10.9. The molecule has 1 aromatic rings. The fourth-order valence-electron chi connectivity index (χ4n) is 3.16. The summed E-state index contributed by atoms with van der Waals surface area (Å²) in [6.45, 7) is 5.01. The van der Waals surface area contributed by atoms with Gasteiger partial charge in [0, 0.05) is 12.8 Å². The average Bonchev–Trinajstić information content (AvgIpc) is 2.76. The van der Waals surface area contributed by atoms with Gasteiger partial charge in [-0.2, -0.15) is 0 Å². The lowest BCUT2D eigenvalue weighted by Crippen LogP contribution is -2.57. The Hall–Kier alpha value is -3.67. The lowest BCUT2D eigenvalue weighted by atomic mass is 10.0. The number of aliphatic carboxylic acids is 2. The number of phenols is 1. The first kappa shape index (κ1) is 29.4. The quantitative estimate of drug-likeness (QED) is 0.181. The molecular formula is C23H34N4O8. The maximum Gasteiger partial charge on any atom is 0.326 e. The van der Waals surface area contributed by atoms with Gasteiger partial charge >= 0.3 is 11.9 Å². The van der Waals surface area contributed by atoms with Crippen LogP contribution < -0.4 is 21.7 Å². The molecule has 0 saturated heterocycles. The summed E-state index contributed by atoms with van der Waals surface area (Å²) in [5, 5.41) is 35.2. The van der Waals surface area contributed by atoms with E-state index in [1.807, 2.05) is 0 Å². The summed E-state index contributed by atoms with van der Waals surface area (Å²) in [6, 6.07) is 1.21. The number of carboxylic acids is 2. The van der Waals surface area contributed by atoms with Crippen molar-refractivity contribution in [3.63, 3.8) is 0 Å². The van der Waals surface area contributed by atoms with Crippen LogP contribution in [0.25, 0.3) is 0 Å². The minimum absolute atomic E-state index is 0.0120. The fraction of sp³-hybridized carbons (Fsp3) is 0.522. The van der Waals surface area contributed by atoms with E-state index in [0.29, 0.717) is 5.56 Å². The summed E-state index contributed by atoms with van der Waals surface area (Å²) in [4.78, 5) is 60.5. The van der Waals surface area contributed by atoms with E-state index in [0.717, 1.165) is 0 Å². The van der Waals surface area contributed by atoms with Crippen LogP contribution in [-0.2, 0) is 30.4 Å². The zero-order chi connectivity index (χ0) is 26.7. The highest BCUT2D eigenvalue weighted by atomic mass is 16.4. The summed E-state index contributed by atoms with van der Waals surface area (Å²) < 4.78 is 0. The number of benzene rings is 1. The first-order valence-electron chi connectivity index (χ1n) is 11.2. The molecule has 4 atom stereocenters. The molecule has 3 amide bonds. The van der Waals surface area contributed by atoms with Gasteiger partial charge in [0.1, 0.15) is 23.9 Å². The first-order chi connectivity index (χ1) is 16.3. The molecule has 8 N–H and O–H groups in total. The Morgan fingerprint density at radius 1 is 0.829 bits per heavy atom. The van der Waals surface area contributed by atoms with Crippen molar-refractivity contribution in [1.82, 2.24) is 16.0 Å². The van der Waals surface area contributed by atoms with Crippen LogP contribution in [0, 0.1) is 5.92 Å². The van der Waals surface area contributed by atoms with E-state index in [-0.39, 0.29) is 30.9 Å². The number of carbonyl (C=O) groups excluding carboxylic acids is 3. The fourth-order valence-corrected chi connectivity index (χ4v) is 3.16. The van der Waals surface area contributed by atoms with Gasteiger partial charge in [-0.3, -0.25) is 19.2 Å². The van der Waals surface area contributed by atoms with Crippen molar-refractivity contribution in [2.24, 2.45) is 11.7 Å². The Kier molecular flexibility index (Phi) is 11.7. The first-order valence-corrected chi connectivity index (χ1v) is 11.2. The highest BCUT2D eigenvalue weighted by Gasteiger charge is 2.30. The van der Waals surface area contributed by atoms with E-state index in [1.54, 1.807) is 13.8 Å². The van der Waals surface area contributed by atoms with Crippen LogP contribution in [0.4, 0.5) is 0 Å². The van der Waals surface area contributed by atoms with Gasteiger partial charge in [-0.1, -0.05) is 26.0 Å². The minimum Gasteiger partial charge on any atom is -0.508 e. The Morgan fingerprint density at radius 2 is 1.34 bits per heavy atom. The number of hydrogen-bond donors (Lipinski definition) is 7. The average molecular weight is 495 g/mol. The molecule has 12 nitrogen and oxygen atoms in total. The second-order valence-electron chi connectivity index (χ2n) is 8.74. The Labute approximate surface area is 203 Å². The van der Waals surface area contributed by atoms with Crippen molar-refractivity contribution in [1.29, 1.82) is 0 Å². The van der Waals surface area contributed by atoms with Gasteiger partial charge in [0.2, 0.25) is 17.7 Å². The van der Waals surface area contributed by atoms with E-state index in [2.05, 4.69) is 16.0 Å². The lowest BCUT2D eigenvalue weighted by molar-refractivity contribution is -0.142. The van der Waals surface area contributed by atoms with Gasteiger partial charge in [-0.15, -0.1) is 0 Å². The lowest BCUT2D eigenvalue weighted by Gasteiger charge is -2.25. The largest absolute Gasteiger partial charge is 0.508 e. The van der Waals surface area contributed by atoms with Crippen LogP contribution in [0.2, 0.25) is 0 Å². The molecule has 0 aromatic heterocycles. The maximum absolute atomic E-state index is 13.0. The van der Waals surface area contributed by atoms with Gasteiger partial charge in [0.05, 0.1) is 6.04 Å².